The summed E-state index contributed by atoms with van der Waals surface area (Å²) in [6.45, 7) is 3.74. The number of hydrogen-bond acceptors (Lipinski definition) is 7. The molecule has 2 atom stereocenters. The second-order valence-electron chi connectivity index (χ2n) is 5.01. The molecule has 0 aromatic heterocycles. The van der Waals surface area contributed by atoms with Crippen LogP contribution in [0.1, 0.15) is 39.5 Å². The van der Waals surface area contributed by atoms with E-state index in [0.717, 1.165) is 0 Å². The van der Waals surface area contributed by atoms with Crippen LogP contribution in [-0.2, 0) is 23.9 Å². The van der Waals surface area contributed by atoms with E-state index in [1.807, 2.05) is 13.8 Å². The molecule has 23 heavy (non-hydrogen) atoms. The third-order valence-corrected chi connectivity index (χ3v) is 4.05. The molecule has 2 unspecified atom stereocenters. The number of esters is 2. The molecule has 0 saturated heterocycles. The largest absolute Gasteiger partial charge is 0.480 e. The predicted octanol–water partition coefficient (Wildman–Crippen LogP) is 1.45. The number of ether oxygens (including phenoxy) is 2. The first kappa shape index (κ1) is 21.7. The molecule has 0 spiro atoms. The normalized spacial score (nSPS) is 13.2. The molecule has 0 saturated carbocycles. The SMILES string of the molecule is CCCC(=O)OCC(CSCC(NC)C(=O)O)OC(=O)CCC. The van der Waals surface area contributed by atoms with Crippen molar-refractivity contribution in [2.45, 2.75) is 51.7 Å². The zero-order chi connectivity index (χ0) is 17.7. The molecule has 0 aliphatic carbocycles. The molecule has 0 radical (unpaired) electrons. The molecule has 0 fully saturated rings. The summed E-state index contributed by atoms with van der Waals surface area (Å²) in [5.74, 6) is -0.897. The van der Waals surface area contributed by atoms with Gasteiger partial charge in [0.2, 0.25) is 0 Å². The lowest BCUT2D eigenvalue weighted by Crippen LogP contribution is -2.37. The highest BCUT2D eigenvalue weighted by atomic mass is 32.2. The first-order valence-corrected chi connectivity index (χ1v) is 8.92. The molecule has 0 amide bonds. The summed E-state index contributed by atoms with van der Waals surface area (Å²) >= 11 is 1.34. The summed E-state index contributed by atoms with van der Waals surface area (Å²) in [5.41, 5.74) is 0. The van der Waals surface area contributed by atoms with E-state index in [0.29, 0.717) is 37.2 Å². The van der Waals surface area contributed by atoms with Crippen molar-refractivity contribution < 1.29 is 29.0 Å². The number of rotatable bonds is 13. The summed E-state index contributed by atoms with van der Waals surface area (Å²) in [6.07, 6.45) is 1.43. The number of hydrogen-bond donors (Lipinski definition) is 2. The Kier molecular flexibility index (Phi) is 12.5. The number of carboxylic acid groups (broad SMARTS) is 1. The van der Waals surface area contributed by atoms with Gasteiger partial charge in [-0.15, -0.1) is 0 Å². The van der Waals surface area contributed by atoms with Crippen LogP contribution in [0.3, 0.4) is 0 Å². The lowest BCUT2D eigenvalue weighted by molar-refractivity contribution is -0.157. The Labute approximate surface area is 141 Å². The van der Waals surface area contributed by atoms with Gasteiger partial charge in [-0.3, -0.25) is 14.4 Å². The zero-order valence-electron chi connectivity index (χ0n) is 14.0. The maximum Gasteiger partial charge on any atom is 0.321 e. The standard InChI is InChI=1S/C15H27NO6S/c1-4-6-13(17)21-8-11(22-14(18)7-5-2)9-23-10-12(16-3)15(19)20/h11-12,16H,4-10H2,1-3H3,(H,19,20). The van der Waals surface area contributed by atoms with E-state index in [1.165, 1.54) is 11.8 Å². The Morgan fingerprint density at radius 2 is 1.70 bits per heavy atom. The lowest BCUT2D eigenvalue weighted by Gasteiger charge is -2.18. The minimum Gasteiger partial charge on any atom is -0.480 e. The summed E-state index contributed by atoms with van der Waals surface area (Å²) in [5, 5.41) is 11.6. The van der Waals surface area contributed by atoms with E-state index in [-0.39, 0.29) is 18.5 Å². The molecule has 2 N–H and O–H groups in total. The van der Waals surface area contributed by atoms with Crippen LogP contribution in [0.4, 0.5) is 0 Å². The minimum atomic E-state index is -0.936. The second-order valence-corrected chi connectivity index (χ2v) is 6.09. The van der Waals surface area contributed by atoms with Crippen molar-refractivity contribution in [3.8, 4) is 0 Å². The van der Waals surface area contributed by atoms with Gasteiger partial charge >= 0.3 is 17.9 Å². The van der Waals surface area contributed by atoms with Crippen molar-refractivity contribution >= 4 is 29.7 Å². The Hall–Kier alpha value is -1.28. The Balaban J connectivity index is 4.38. The third-order valence-electron chi connectivity index (χ3n) is 2.87. The lowest BCUT2D eigenvalue weighted by atomic mass is 10.3. The van der Waals surface area contributed by atoms with Crippen molar-refractivity contribution in [1.82, 2.24) is 5.32 Å². The molecule has 8 heteroatoms. The van der Waals surface area contributed by atoms with Gasteiger partial charge in [-0.25, -0.2) is 0 Å². The van der Waals surface area contributed by atoms with Gasteiger partial charge in [0.05, 0.1) is 0 Å². The van der Waals surface area contributed by atoms with E-state index < -0.39 is 18.1 Å². The van der Waals surface area contributed by atoms with E-state index in [4.69, 9.17) is 14.6 Å². The van der Waals surface area contributed by atoms with Crippen molar-refractivity contribution in [1.29, 1.82) is 0 Å². The maximum absolute atomic E-state index is 11.6. The van der Waals surface area contributed by atoms with Gasteiger partial charge in [0.15, 0.2) is 0 Å². The number of carbonyl (C=O) groups excluding carboxylic acids is 2. The minimum absolute atomic E-state index is 0.00141. The fraction of sp³-hybridized carbons (Fsp3) is 0.800. The van der Waals surface area contributed by atoms with Gasteiger partial charge in [0, 0.05) is 24.3 Å². The number of thioether (sulfide) groups is 1. The molecule has 0 aliphatic rings. The van der Waals surface area contributed by atoms with E-state index >= 15 is 0 Å². The van der Waals surface area contributed by atoms with Crippen LogP contribution in [0.2, 0.25) is 0 Å². The van der Waals surface area contributed by atoms with Crippen molar-refractivity contribution in [3.05, 3.63) is 0 Å². The number of carboxylic acids is 1. The number of carbonyl (C=O) groups is 3. The van der Waals surface area contributed by atoms with Gasteiger partial charge in [-0.05, 0) is 19.9 Å². The van der Waals surface area contributed by atoms with Crippen LogP contribution in [0.5, 0.6) is 0 Å². The summed E-state index contributed by atoms with van der Waals surface area (Å²) in [6, 6.07) is -0.672. The number of nitrogens with one attached hydrogen (secondary N) is 1. The van der Waals surface area contributed by atoms with Crippen molar-refractivity contribution in [3.63, 3.8) is 0 Å². The molecule has 0 bridgehead atoms. The van der Waals surface area contributed by atoms with Gasteiger partial charge in [-0.2, -0.15) is 11.8 Å². The molecule has 134 valence electrons. The van der Waals surface area contributed by atoms with Gasteiger partial charge in [0.25, 0.3) is 0 Å². The molecule has 0 aromatic carbocycles. The fourth-order valence-electron chi connectivity index (χ4n) is 1.62. The average molecular weight is 349 g/mol. The highest BCUT2D eigenvalue weighted by molar-refractivity contribution is 7.99. The van der Waals surface area contributed by atoms with E-state index in [1.54, 1.807) is 7.05 Å². The van der Waals surface area contributed by atoms with Crippen molar-refractivity contribution in [2.24, 2.45) is 0 Å². The first-order valence-electron chi connectivity index (χ1n) is 7.77. The molecular formula is C15H27NO6S. The van der Waals surface area contributed by atoms with Crippen LogP contribution in [0.15, 0.2) is 0 Å². The number of aliphatic carboxylic acids is 1. The average Bonchev–Trinajstić information content (AvgIpc) is 2.49. The first-order chi connectivity index (χ1) is 10.9. The highest BCUT2D eigenvalue weighted by Gasteiger charge is 2.19. The Morgan fingerprint density at radius 3 is 2.22 bits per heavy atom. The quantitative estimate of drug-likeness (QED) is 0.482. The molecule has 0 aromatic rings. The fourth-order valence-corrected chi connectivity index (χ4v) is 2.73. The molecule has 0 heterocycles. The highest BCUT2D eigenvalue weighted by Crippen LogP contribution is 2.11. The molecule has 0 rings (SSSR count). The maximum atomic E-state index is 11.6. The molecular weight excluding hydrogens is 322 g/mol. The van der Waals surface area contributed by atoms with Crippen molar-refractivity contribution in [2.75, 3.05) is 25.2 Å². The third kappa shape index (κ3) is 11.0. The van der Waals surface area contributed by atoms with E-state index in [2.05, 4.69) is 5.32 Å². The van der Waals surface area contributed by atoms with Crippen LogP contribution in [0.25, 0.3) is 0 Å². The van der Waals surface area contributed by atoms with Gasteiger partial charge < -0.3 is 19.9 Å². The molecule has 7 nitrogen and oxygen atoms in total. The van der Waals surface area contributed by atoms with E-state index in [9.17, 15) is 14.4 Å². The smallest absolute Gasteiger partial charge is 0.321 e. The molecule has 0 aliphatic heterocycles. The predicted molar refractivity (Wildman–Crippen MR) is 88.5 cm³/mol. The zero-order valence-corrected chi connectivity index (χ0v) is 14.8. The second kappa shape index (κ2) is 13.2. The summed E-state index contributed by atoms with van der Waals surface area (Å²) in [7, 11) is 1.57. The van der Waals surface area contributed by atoms with Crippen LogP contribution in [0, 0.1) is 0 Å². The summed E-state index contributed by atoms with van der Waals surface area (Å²) < 4.78 is 10.4. The topological polar surface area (TPSA) is 102 Å². The van der Waals surface area contributed by atoms with Crippen LogP contribution in [-0.4, -0.2) is 60.3 Å². The Bertz CT molecular complexity index is 377. The van der Waals surface area contributed by atoms with Gasteiger partial charge in [-0.1, -0.05) is 13.8 Å². The summed E-state index contributed by atoms with van der Waals surface area (Å²) in [4.78, 5) is 34.0. The Morgan fingerprint density at radius 1 is 1.09 bits per heavy atom. The monoisotopic (exact) mass is 349 g/mol. The van der Waals surface area contributed by atoms with Gasteiger partial charge in [0.1, 0.15) is 18.8 Å². The van der Waals surface area contributed by atoms with Crippen LogP contribution >= 0.6 is 11.8 Å². The number of likely N-dealkylation sites (N-methyl/N-ethyl adjacent to an activating group) is 1. The van der Waals surface area contributed by atoms with Crippen LogP contribution < -0.4 is 5.32 Å².